The Labute approximate surface area is 108 Å². The molecule has 0 aromatic heterocycles. The molecule has 3 heteroatoms. The maximum absolute atomic E-state index is 12.3. The molecule has 6 fully saturated rings. The van der Waals surface area contributed by atoms with Crippen LogP contribution in [0.1, 0.15) is 53.4 Å². The molecule has 4 saturated heterocycles. The molecule has 4 heterocycles. The van der Waals surface area contributed by atoms with Crippen LogP contribution in [-0.4, -0.2) is 17.9 Å². The van der Waals surface area contributed by atoms with Gasteiger partial charge in [-0.2, -0.15) is 0 Å². The summed E-state index contributed by atoms with van der Waals surface area (Å²) >= 11 is 0. The SMILES string of the molecule is CC1(C)CCC[C@]2(C)[C@]13C[C@@H]1OC(=O)[C@H]3[C@@]2(C)O1. The second-order valence-electron chi connectivity index (χ2n) is 7.77. The summed E-state index contributed by atoms with van der Waals surface area (Å²) in [4.78, 5) is 12.3. The minimum Gasteiger partial charge on any atom is -0.435 e. The predicted octanol–water partition coefficient (Wildman–Crippen LogP) is 2.88. The molecule has 0 radical (unpaired) electrons. The first-order valence-electron chi connectivity index (χ1n) is 7.17. The molecule has 6 aliphatic rings. The summed E-state index contributed by atoms with van der Waals surface area (Å²) in [7, 11) is 0. The van der Waals surface area contributed by atoms with E-state index in [1.54, 1.807) is 0 Å². The fourth-order valence-corrected chi connectivity index (χ4v) is 6.27. The molecule has 2 saturated carbocycles. The van der Waals surface area contributed by atoms with Gasteiger partial charge >= 0.3 is 5.97 Å². The van der Waals surface area contributed by atoms with E-state index >= 15 is 0 Å². The summed E-state index contributed by atoms with van der Waals surface area (Å²) in [5.41, 5.74) is 0.169. The van der Waals surface area contributed by atoms with E-state index in [0.717, 1.165) is 6.42 Å². The first-order valence-corrected chi connectivity index (χ1v) is 7.17. The number of ether oxygens (including phenoxy) is 2. The van der Waals surface area contributed by atoms with Crippen molar-refractivity contribution in [3.05, 3.63) is 0 Å². The summed E-state index contributed by atoms with van der Waals surface area (Å²) in [5, 5.41) is 0. The van der Waals surface area contributed by atoms with Crippen molar-refractivity contribution in [1.29, 1.82) is 0 Å². The van der Waals surface area contributed by atoms with E-state index in [1.165, 1.54) is 19.3 Å². The second kappa shape index (κ2) is 2.65. The molecule has 3 nitrogen and oxygen atoms in total. The van der Waals surface area contributed by atoms with Crippen molar-refractivity contribution < 1.29 is 14.3 Å². The Hall–Kier alpha value is -0.570. The topological polar surface area (TPSA) is 35.5 Å². The molecular weight excluding hydrogens is 228 g/mol. The standard InChI is InChI=1S/C15H22O3/c1-12(2)6-5-7-13(3)14(4)10-11(16)17-9(18-14)8-15(10,12)13/h9-10H,5-8H2,1-4H3/t9-,10+,13+,14-,15+/m1/s1. The van der Waals surface area contributed by atoms with Crippen LogP contribution in [0.25, 0.3) is 0 Å². The fraction of sp³-hybridized carbons (Fsp3) is 0.933. The van der Waals surface area contributed by atoms with Crippen LogP contribution in [0.4, 0.5) is 0 Å². The van der Waals surface area contributed by atoms with Gasteiger partial charge in [0.2, 0.25) is 6.29 Å². The molecule has 2 aliphatic carbocycles. The van der Waals surface area contributed by atoms with Crippen LogP contribution < -0.4 is 0 Å². The largest absolute Gasteiger partial charge is 0.435 e. The van der Waals surface area contributed by atoms with Gasteiger partial charge in [-0.05, 0) is 25.2 Å². The highest BCUT2D eigenvalue weighted by atomic mass is 16.7. The van der Waals surface area contributed by atoms with Crippen molar-refractivity contribution in [1.82, 2.24) is 0 Å². The molecule has 0 amide bonds. The van der Waals surface area contributed by atoms with Gasteiger partial charge in [0.1, 0.15) is 0 Å². The lowest BCUT2D eigenvalue weighted by Crippen LogP contribution is -2.88. The van der Waals surface area contributed by atoms with Crippen molar-refractivity contribution in [2.45, 2.75) is 65.3 Å². The van der Waals surface area contributed by atoms with Crippen LogP contribution in [0.15, 0.2) is 0 Å². The van der Waals surface area contributed by atoms with Crippen LogP contribution >= 0.6 is 0 Å². The highest BCUT2D eigenvalue weighted by Gasteiger charge is 2.88. The average molecular weight is 250 g/mol. The molecule has 4 aliphatic heterocycles. The highest BCUT2D eigenvalue weighted by Crippen LogP contribution is 2.84. The fourth-order valence-electron chi connectivity index (χ4n) is 6.27. The number of esters is 1. The monoisotopic (exact) mass is 250 g/mol. The van der Waals surface area contributed by atoms with E-state index in [1.807, 2.05) is 0 Å². The first-order chi connectivity index (χ1) is 8.29. The summed E-state index contributed by atoms with van der Waals surface area (Å²) in [5.74, 6) is -0.0530. The zero-order valence-corrected chi connectivity index (χ0v) is 11.7. The Kier molecular flexibility index (Phi) is 1.66. The molecule has 1 spiro atoms. The van der Waals surface area contributed by atoms with Crippen molar-refractivity contribution in [2.75, 3.05) is 0 Å². The molecular formula is C15H22O3. The smallest absolute Gasteiger partial charge is 0.314 e. The minimum atomic E-state index is -0.294. The Morgan fingerprint density at radius 1 is 1.17 bits per heavy atom. The van der Waals surface area contributed by atoms with Crippen molar-refractivity contribution in [3.63, 3.8) is 0 Å². The van der Waals surface area contributed by atoms with Gasteiger partial charge in [-0.25, -0.2) is 0 Å². The molecule has 100 valence electrons. The third kappa shape index (κ3) is 0.774. The summed E-state index contributed by atoms with van der Waals surface area (Å²) in [6.07, 6.45) is 4.26. The van der Waals surface area contributed by atoms with Gasteiger partial charge < -0.3 is 9.47 Å². The van der Waals surface area contributed by atoms with E-state index in [-0.39, 0.29) is 40.0 Å². The van der Waals surface area contributed by atoms with Crippen LogP contribution in [0.2, 0.25) is 0 Å². The van der Waals surface area contributed by atoms with E-state index in [9.17, 15) is 4.79 Å². The molecule has 18 heavy (non-hydrogen) atoms. The molecule has 0 unspecified atom stereocenters. The molecule has 0 N–H and O–H groups in total. The number of hydrogen-bond acceptors (Lipinski definition) is 3. The van der Waals surface area contributed by atoms with Gasteiger partial charge in [0.05, 0.1) is 11.5 Å². The van der Waals surface area contributed by atoms with Gasteiger partial charge in [0, 0.05) is 17.3 Å². The quantitative estimate of drug-likeness (QED) is 0.620. The minimum absolute atomic E-state index is 0.00699. The van der Waals surface area contributed by atoms with Crippen LogP contribution in [0.5, 0.6) is 0 Å². The number of carbonyl (C=O) groups is 1. The number of rotatable bonds is 0. The van der Waals surface area contributed by atoms with Crippen molar-refractivity contribution in [2.24, 2.45) is 22.2 Å². The maximum Gasteiger partial charge on any atom is 0.314 e. The van der Waals surface area contributed by atoms with Crippen LogP contribution in [-0.2, 0) is 14.3 Å². The Bertz CT molecular complexity index is 457. The van der Waals surface area contributed by atoms with Crippen molar-refractivity contribution >= 4 is 5.97 Å². The zero-order valence-electron chi connectivity index (χ0n) is 11.7. The molecule has 5 atom stereocenters. The predicted molar refractivity (Wildman–Crippen MR) is 65.6 cm³/mol. The number of hydrogen-bond donors (Lipinski definition) is 0. The molecule has 4 bridgehead atoms. The van der Waals surface area contributed by atoms with Gasteiger partial charge in [0.15, 0.2) is 0 Å². The van der Waals surface area contributed by atoms with E-state index in [0.29, 0.717) is 0 Å². The van der Waals surface area contributed by atoms with E-state index < -0.39 is 0 Å². The number of fused-ring (bicyclic) bond motifs is 1. The average Bonchev–Trinajstić information content (AvgIpc) is 2.24. The second-order valence-corrected chi connectivity index (χ2v) is 7.77. The third-order valence-electron chi connectivity index (χ3n) is 7.16. The Morgan fingerprint density at radius 2 is 1.89 bits per heavy atom. The van der Waals surface area contributed by atoms with E-state index in [2.05, 4.69) is 27.7 Å². The molecule has 6 rings (SSSR count). The highest BCUT2D eigenvalue weighted by molar-refractivity contribution is 5.80. The molecule has 0 aromatic carbocycles. The van der Waals surface area contributed by atoms with Gasteiger partial charge in [0.25, 0.3) is 0 Å². The molecule has 0 aromatic rings. The van der Waals surface area contributed by atoms with Gasteiger partial charge in [-0.15, -0.1) is 0 Å². The summed E-state index contributed by atoms with van der Waals surface area (Å²) in [6.45, 7) is 9.18. The third-order valence-corrected chi connectivity index (χ3v) is 7.16. The Balaban J connectivity index is 1.95. The zero-order chi connectivity index (χ0) is 13.0. The summed E-state index contributed by atoms with van der Waals surface area (Å²) < 4.78 is 11.5. The van der Waals surface area contributed by atoms with Crippen LogP contribution in [0, 0.1) is 22.2 Å². The lowest BCUT2D eigenvalue weighted by atomic mass is 9.25. The van der Waals surface area contributed by atoms with E-state index in [4.69, 9.17) is 9.47 Å². The lowest BCUT2D eigenvalue weighted by Gasteiger charge is -2.83. The normalized spacial score (nSPS) is 59.7. The lowest BCUT2D eigenvalue weighted by molar-refractivity contribution is -0.468. The van der Waals surface area contributed by atoms with Crippen molar-refractivity contribution in [3.8, 4) is 0 Å². The maximum atomic E-state index is 12.3. The first kappa shape index (κ1) is 11.3. The number of carbonyl (C=O) groups excluding carboxylic acids is 1. The summed E-state index contributed by atoms with van der Waals surface area (Å²) in [6, 6.07) is 0. The van der Waals surface area contributed by atoms with Gasteiger partial charge in [-0.1, -0.05) is 27.2 Å². The van der Waals surface area contributed by atoms with Gasteiger partial charge in [-0.3, -0.25) is 4.79 Å². The van der Waals surface area contributed by atoms with Crippen LogP contribution in [0.3, 0.4) is 0 Å². The Morgan fingerprint density at radius 3 is 2.56 bits per heavy atom.